The van der Waals surface area contributed by atoms with Gasteiger partial charge in [-0.3, -0.25) is 9.69 Å². The Hall–Kier alpha value is -2.84. The van der Waals surface area contributed by atoms with Crippen molar-refractivity contribution in [3.63, 3.8) is 0 Å². The summed E-state index contributed by atoms with van der Waals surface area (Å²) in [6.07, 6.45) is 0. The molecular weight excluding hydrogens is 400 g/mol. The number of carbonyl (C=O) groups is 1. The topological polar surface area (TPSA) is 66.9 Å². The van der Waals surface area contributed by atoms with E-state index in [1.54, 1.807) is 7.11 Å². The molecule has 158 valence electrons. The molecule has 2 aromatic carbocycles. The van der Waals surface area contributed by atoms with Crippen molar-refractivity contribution in [1.29, 1.82) is 0 Å². The van der Waals surface area contributed by atoms with E-state index in [2.05, 4.69) is 26.2 Å². The molecule has 1 saturated heterocycles. The van der Waals surface area contributed by atoms with Crippen LogP contribution in [0.4, 0.5) is 10.8 Å². The van der Waals surface area contributed by atoms with Crippen LogP contribution in [-0.2, 0) is 4.79 Å². The van der Waals surface area contributed by atoms with Gasteiger partial charge < -0.3 is 19.7 Å². The maximum atomic E-state index is 12.5. The summed E-state index contributed by atoms with van der Waals surface area (Å²) >= 11 is 1.47. The predicted molar refractivity (Wildman–Crippen MR) is 121 cm³/mol. The van der Waals surface area contributed by atoms with Gasteiger partial charge in [0.1, 0.15) is 11.5 Å². The van der Waals surface area contributed by atoms with Crippen LogP contribution in [0.25, 0.3) is 10.2 Å². The second-order valence-corrected chi connectivity index (χ2v) is 8.13. The standard InChI is InChI=1S/C22H26N4O3S/c1-3-29-18-7-8-19-20(14-18)30-22(23-19)24-21(27)15-25-9-11-26(12-10-25)16-5-4-6-17(13-16)28-2/h4-8,13-14H,3,9-12,15H2,1-2H3,(H,23,24,27). The van der Waals surface area contributed by atoms with Gasteiger partial charge in [-0.25, -0.2) is 4.98 Å². The SMILES string of the molecule is CCOc1ccc2nc(NC(=O)CN3CCN(c4cccc(OC)c4)CC3)sc2c1. The summed E-state index contributed by atoms with van der Waals surface area (Å²) < 4.78 is 11.8. The molecule has 0 bridgehead atoms. The Balaban J connectivity index is 1.30. The van der Waals surface area contributed by atoms with Gasteiger partial charge in [-0.1, -0.05) is 17.4 Å². The Morgan fingerprint density at radius 2 is 1.97 bits per heavy atom. The molecule has 7 nitrogen and oxygen atoms in total. The molecule has 1 N–H and O–H groups in total. The molecule has 1 fully saturated rings. The van der Waals surface area contributed by atoms with E-state index in [1.165, 1.54) is 11.3 Å². The van der Waals surface area contributed by atoms with Crippen LogP contribution in [0.15, 0.2) is 42.5 Å². The largest absolute Gasteiger partial charge is 0.497 e. The lowest BCUT2D eigenvalue weighted by Crippen LogP contribution is -2.48. The monoisotopic (exact) mass is 426 g/mol. The molecule has 1 aliphatic rings. The van der Waals surface area contributed by atoms with E-state index in [-0.39, 0.29) is 5.91 Å². The third-order valence-electron chi connectivity index (χ3n) is 5.08. The van der Waals surface area contributed by atoms with Crippen LogP contribution in [0, 0.1) is 0 Å². The van der Waals surface area contributed by atoms with E-state index >= 15 is 0 Å². The highest BCUT2D eigenvalue weighted by molar-refractivity contribution is 7.22. The summed E-state index contributed by atoms with van der Waals surface area (Å²) in [5.41, 5.74) is 2.02. The summed E-state index contributed by atoms with van der Waals surface area (Å²) in [5.74, 6) is 1.65. The van der Waals surface area contributed by atoms with E-state index in [9.17, 15) is 4.79 Å². The number of anilines is 2. The predicted octanol–water partition coefficient (Wildman–Crippen LogP) is 3.46. The number of aromatic nitrogens is 1. The number of methoxy groups -OCH3 is 1. The van der Waals surface area contributed by atoms with Crippen molar-refractivity contribution >= 4 is 38.3 Å². The number of hydrogen-bond donors (Lipinski definition) is 1. The van der Waals surface area contributed by atoms with E-state index in [0.29, 0.717) is 18.3 Å². The van der Waals surface area contributed by atoms with Gasteiger partial charge in [-0.05, 0) is 37.3 Å². The molecule has 0 radical (unpaired) electrons. The van der Waals surface area contributed by atoms with Crippen molar-refractivity contribution in [2.75, 3.05) is 56.7 Å². The zero-order valence-electron chi connectivity index (χ0n) is 17.3. The zero-order chi connectivity index (χ0) is 20.9. The molecule has 3 aromatic rings. The van der Waals surface area contributed by atoms with Crippen LogP contribution in [0.2, 0.25) is 0 Å². The molecule has 0 aliphatic carbocycles. The number of fused-ring (bicyclic) bond motifs is 1. The molecule has 0 unspecified atom stereocenters. The van der Waals surface area contributed by atoms with Gasteiger partial charge in [0, 0.05) is 37.9 Å². The van der Waals surface area contributed by atoms with Gasteiger partial charge in [0.05, 0.1) is 30.5 Å². The first-order valence-corrected chi connectivity index (χ1v) is 10.9. The first-order valence-electron chi connectivity index (χ1n) is 10.1. The molecule has 0 atom stereocenters. The molecule has 0 saturated carbocycles. The fraction of sp³-hybridized carbons (Fsp3) is 0.364. The lowest BCUT2D eigenvalue weighted by atomic mass is 10.2. The molecule has 2 heterocycles. The van der Waals surface area contributed by atoms with Crippen molar-refractivity contribution in [2.45, 2.75) is 6.92 Å². The van der Waals surface area contributed by atoms with E-state index < -0.39 is 0 Å². The first-order chi connectivity index (χ1) is 14.6. The van der Waals surface area contributed by atoms with Crippen LogP contribution < -0.4 is 19.7 Å². The number of thiazole rings is 1. The van der Waals surface area contributed by atoms with Crippen LogP contribution >= 0.6 is 11.3 Å². The second kappa shape index (κ2) is 9.32. The van der Waals surface area contributed by atoms with Gasteiger partial charge in [0.2, 0.25) is 5.91 Å². The van der Waals surface area contributed by atoms with Crippen LogP contribution in [0.5, 0.6) is 11.5 Å². The van der Waals surface area contributed by atoms with E-state index in [4.69, 9.17) is 9.47 Å². The number of benzene rings is 2. The van der Waals surface area contributed by atoms with Crippen LogP contribution in [0.1, 0.15) is 6.92 Å². The van der Waals surface area contributed by atoms with Crippen molar-refractivity contribution in [3.05, 3.63) is 42.5 Å². The lowest BCUT2D eigenvalue weighted by molar-refractivity contribution is -0.117. The minimum atomic E-state index is -0.0334. The summed E-state index contributed by atoms with van der Waals surface area (Å²) in [6, 6.07) is 13.9. The number of nitrogens with zero attached hydrogens (tertiary/aromatic N) is 3. The fourth-order valence-corrected chi connectivity index (χ4v) is 4.46. The highest BCUT2D eigenvalue weighted by Gasteiger charge is 2.20. The third-order valence-corrected chi connectivity index (χ3v) is 6.01. The van der Waals surface area contributed by atoms with Crippen LogP contribution in [-0.4, -0.2) is 62.2 Å². The Morgan fingerprint density at radius 3 is 2.73 bits per heavy atom. The third kappa shape index (κ3) is 4.83. The fourth-order valence-electron chi connectivity index (χ4n) is 3.55. The summed E-state index contributed by atoms with van der Waals surface area (Å²) in [5, 5.41) is 3.57. The van der Waals surface area contributed by atoms with E-state index in [1.807, 2.05) is 43.3 Å². The Kier molecular flexibility index (Phi) is 6.35. The smallest absolute Gasteiger partial charge is 0.240 e. The van der Waals surface area contributed by atoms with Gasteiger partial charge in [-0.2, -0.15) is 0 Å². The maximum Gasteiger partial charge on any atom is 0.240 e. The summed E-state index contributed by atoms with van der Waals surface area (Å²) in [4.78, 5) is 21.5. The minimum Gasteiger partial charge on any atom is -0.497 e. The molecular formula is C22H26N4O3S. The number of piperazine rings is 1. The average Bonchev–Trinajstić information content (AvgIpc) is 3.16. The molecule has 8 heteroatoms. The Labute approximate surface area is 180 Å². The zero-order valence-corrected chi connectivity index (χ0v) is 18.1. The van der Waals surface area contributed by atoms with Crippen LogP contribution in [0.3, 0.4) is 0 Å². The van der Waals surface area contributed by atoms with Gasteiger partial charge >= 0.3 is 0 Å². The van der Waals surface area contributed by atoms with Gasteiger partial charge in [0.15, 0.2) is 5.13 Å². The van der Waals surface area contributed by atoms with E-state index in [0.717, 1.165) is 53.6 Å². The molecule has 4 rings (SSSR count). The molecule has 1 aromatic heterocycles. The summed E-state index contributed by atoms with van der Waals surface area (Å²) in [6.45, 7) is 6.37. The highest BCUT2D eigenvalue weighted by atomic mass is 32.1. The van der Waals surface area contributed by atoms with Crippen molar-refractivity contribution in [2.24, 2.45) is 0 Å². The number of hydrogen-bond acceptors (Lipinski definition) is 7. The lowest BCUT2D eigenvalue weighted by Gasteiger charge is -2.35. The first kappa shape index (κ1) is 20.4. The average molecular weight is 427 g/mol. The van der Waals surface area contributed by atoms with Gasteiger partial charge in [0.25, 0.3) is 0 Å². The minimum absolute atomic E-state index is 0.0334. The second-order valence-electron chi connectivity index (χ2n) is 7.09. The number of rotatable bonds is 7. The molecule has 1 aliphatic heterocycles. The van der Waals surface area contributed by atoms with Crippen molar-refractivity contribution < 1.29 is 14.3 Å². The molecule has 30 heavy (non-hydrogen) atoms. The van der Waals surface area contributed by atoms with Gasteiger partial charge in [-0.15, -0.1) is 0 Å². The summed E-state index contributed by atoms with van der Waals surface area (Å²) in [7, 11) is 1.68. The number of nitrogens with one attached hydrogen (secondary N) is 1. The Morgan fingerprint density at radius 1 is 1.13 bits per heavy atom. The maximum absolute atomic E-state index is 12.5. The number of carbonyl (C=O) groups excluding carboxylic acids is 1. The Bertz CT molecular complexity index is 1010. The molecule has 0 spiro atoms. The van der Waals surface area contributed by atoms with Crippen molar-refractivity contribution in [1.82, 2.24) is 9.88 Å². The highest BCUT2D eigenvalue weighted by Crippen LogP contribution is 2.29. The number of ether oxygens (including phenoxy) is 2. The number of amides is 1. The molecule has 1 amide bonds. The normalized spacial score (nSPS) is 14.7. The van der Waals surface area contributed by atoms with Crippen molar-refractivity contribution in [3.8, 4) is 11.5 Å². The quantitative estimate of drug-likeness (QED) is 0.624.